The van der Waals surface area contributed by atoms with Crippen molar-refractivity contribution in [3.63, 3.8) is 0 Å². The normalized spacial score (nSPS) is 11.8. The number of benzene rings is 1. The Hall–Kier alpha value is -0.771. The van der Waals surface area contributed by atoms with Crippen molar-refractivity contribution in [1.29, 1.82) is 0 Å². The van der Waals surface area contributed by atoms with Crippen molar-refractivity contribution in [2.24, 2.45) is 0 Å². The van der Waals surface area contributed by atoms with Crippen LogP contribution in [0.5, 0.6) is 0 Å². The van der Waals surface area contributed by atoms with Crippen LogP contribution in [0.15, 0.2) is 30.3 Å². The average Bonchev–Trinajstić information content (AvgIpc) is 2.26. The number of esters is 1. The minimum absolute atomic E-state index is 0.286. The first kappa shape index (κ1) is 14.3. The fourth-order valence-electron chi connectivity index (χ4n) is 1.45. The van der Waals surface area contributed by atoms with Crippen molar-refractivity contribution in [2.75, 3.05) is 6.61 Å². The zero-order chi connectivity index (χ0) is 12.9. The second-order valence-corrected chi connectivity index (χ2v) is 19.4. The van der Waals surface area contributed by atoms with Gasteiger partial charge in [0.25, 0.3) is 0 Å². The molecule has 0 atom stereocenters. The quantitative estimate of drug-likeness (QED) is 0.479. The van der Waals surface area contributed by atoms with Gasteiger partial charge in [-0.3, -0.25) is 0 Å². The van der Waals surface area contributed by atoms with Gasteiger partial charge >= 0.3 is 108 Å². The van der Waals surface area contributed by atoms with Crippen LogP contribution >= 0.6 is 0 Å². The van der Waals surface area contributed by atoms with Crippen LogP contribution in [0.2, 0.25) is 14.8 Å². The van der Waals surface area contributed by atoms with E-state index in [4.69, 9.17) is 4.74 Å². The molecule has 0 spiro atoms. The van der Waals surface area contributed by atoms with Gasteiger partial charge in [0.2, 0.25) is 0 Å². The number of ether oxygens (including phenoxy) is 1. The average molecular weight is 339 g/mol. The molecule has 1 rings (SSSR count). The standard InChI is InChI=1S/C11H11O2.3CH3.Sn/c1-2-13-11(12)9-8-10-6-4-3-5-7-10;;;;/h4-9H,2H2,1H3;3*1H3;. The third-order valence-corrected chi connectivity index (χ3v) is 8.37. The molecule has 0 amide bonds. The molecule has 0 N–H and O–H groups in total. The molecule has 0 radical (unpaired) electrons. The van der Waals surface area contributed by atoms with Crippen LogP contribution < -0.4 is 3.58 Å². The predicted octanol–water partition coefficient (Wildman–Crippen LogP) is 2.81. The molecule has 3 heteroatoms. The Kier molecular flexibility index (Phi) is 5.25. The summed E-state index contributed by atoms with van der Waals surface area (Å²) in [6.07, 6.45) is 3.26. The molecule has 0 unspecified atom stereocenters. The Labute approximate surface area is 108 Å². The van der Waals surface area contributed by atoms with E-state index in [0.717, 1.165) is 5.56 Å². The van der Waals surface area contributed by atoms with Crippen molar-refractivity contribution < 1.29 is 9.53 Å². The van der Waals surface area contributed by atoms with Crippen LogP contribution in [0.1, 0.15) is 12.5 Å². The van der Waals surface area contributed by atoms with Crippen molar-refractivity contribution in [2.45, 2.75) is 21.7 Å². The predicted molar refractivity (Wildman–Crippen MR) is 75.1 cm³/mol. The molecule has 2 nitrogen and oxygen atoms in total. The molecule has 0 saturated heterocycles. The summed E-state index contributed by atoms with van der Waals surface area (Å²) in [5.41, 5.74) is 1.04. The molecule has 0 saturated carbocycles. The maximum absolute atomic E-state index is 11.1. The summed E-state index contributed by atoms with van der Waals surface area (Å²) in [5, 5.41) is 0. The van der Waals surface area contributed by atoms with E-state index in [2.05, 4.69) is 39.1 Å². The molecule has 1 aromatic carbocycles. The van der Waals surface area contributed by atoms with Crippen molar-refractivity contribution in [1.82, 2.24) is 0 Å². The van der Waals surface area contributed by atoms with Crippen LogP contribution in [-0.2, 0) is 9.53 Å². The fourth-order valence-corrected chi connectivity index (χ4v) is 4.78. The molecule has 0 heterocycles. The number of hydrogen-bond acceptors (Lipinski definition) is 2. The van der Waals surface area contributed by atoms with Crippen LogP contribution in [0.3, 0.4) is 0 Å². The van der Waals surface area contributed by atoms with E-state index in [1.165, 1.54) is 9.66 Å². The Bertz CT molecular complexity index is 399. The molecule has 0 aliphatic carbocycles. The molecule has 1 aromatic rings. The first-order valence-corrected chi connectivity index (χ1v) is 15.9. The van der Waals surface area contributed by atoms with Gasteiger partial charge in [0.1, 0.15) is 0 Å². The van der Waals surface area contributed by atoms with E-state index in [9.17, 15) is 4.79 Å². The van der Waals surface area contributed by atoms with Crippen LogP contribution in [0.4, 0.5) is 0 Å². The van der Waals surface area contributed by atoms with Crippen LogP contribution in [0.25, 0.3) is 6.08 Å². The van der Waals surface area contributed by atoms with Crippen molar-refractivity contribution >= 4 is 34.0 Å². The number of carbonyl (C=O) groups excluding carboxylic acids is 1. The Balaban J connectivity index is 2.72. The number of hydrogen-bond donors (Lipinski definition) is 0. The Morgan fingerprint density at radius 1 is 1.24 bits per heavy atom. The van der Waals surface area contributed by atoms with E-state index in [1.807, 2.05) is 0 Å². The van der Waals surface area contributed by atoms with Crippen molar-refractivity contribution in [3.05, 3.63) is 35.9 Å². The zero-order valence-electron chi connectivity index (χ0n) is 11.0. The molecule has 0 fully saturated rings. The van der Waals surface area contributed by atoms with Gasteiger partial charge in [-0.1, -0.05) is 0 Å². The zero-order valence-corrected chi connectivity index (χ0v) is 13.8. The van der Waals surface area contributed by atoms with E-state index < -0.39 is 18.4 Å². The summed E-state index contributed by atoms with van der Waals surface area (Å²) in [6.45, 7) is 2.22. The summed E-state index contributed by atoms with van der Waals surface area (Å²) in [6, 6.07) is 8.49. The molecule has 0 aliphatic heterocycles. The number of rotatable bonds is 4. The second kappa shape index (κ2) is 6.24. The second-order valence-electron chi connectivity index (χ2n) is 4.96. The molecule has 0 aliphatic rings. The molecule has 0 bridgehead atoms. The van der Waals surface area contributed by atoms with E-state index in [0.29, 0.717) is 6.61 Å². The fraction of sp³-hybridized carbons (Fsp3) is 0.357. The van der Waals surface area contributed by atoms with Crippen LogP contribution in [0, 0.1) is 0 Å². The molecular formula is C14H20O2Sn. The third-order valence-electron chi connectivity index (χ3n) is 2.48. The van der Waals surface area contributed by atoms with Gasteiger partial charge in [-0.2, -0.15) is 0 Å². The molecular weight excluding hydrogens is 319 g/mol. The summed E-state index contributed by atoms with van der Waals surface area (Å²) in [7, 11) is 0. The number of carbonyl (C=O) groups is 1. The summed E-state index contributed by atoms with van der Waals surface area (Å²) < 4.78 is 6.32. The van der Waals surface area contributed by atoms with Gasteiger partial charge < -0.3 is 0 Å². The van der Waals surface area contributed by atoms with Gasteiger partial charge in [-0.25, -0.2) is 0 Å². The van der Waals surface area contributed by atoms with Crippen molar-refractivity contribution in [3.8, 4) is 0 Å². The topological polar surface area (TPSA) is 26.3 Å². The van der Waals surface area contributed by atoms with E-state index in [1.54, 1.807) is 13.0 Å². The van der Waals surface area contributed by atoms with Gasteiger partial charge in [-0.15, -0.1) is 0 Å². The van der Waals surface area contributed by atoms with Gasteiger partial charge in [-0.05, 0) is 0 Å². The van der Waals surface area contributed by atoms with Gasteiger partial charge in [0.15, 0.2) is 0 Å². The monoisotopic (exact) mass is 340 g/mol. The van der Waals surface area contributed by atoms with Crippen LogP contribution in [-0.4, -0.2) is 31.0 Å². The maximum atomic E-state index is 11.1. The Morgan fingerprint density at radius 3 is 2.29 bits per heavy atom. The first-order chi connectivity index (χ1) is 7.93. The summed E-state index contributed by atoms with van der Waals surface area (Å²) >= 11 is -1.94. The van der Waals surface area contributed by atoms with E-state index >= 15 is 0 Å². The minimum atomic E-state index is -1.94. The summed E-state index contributed by atoms with van der Waals surface area (Å²) in [4.78, 5) is 18.3. The molecule has 0 aromatic heterocycles. The van der Waals surface area contributed by atoms with Gasteiger partial charge in [0, 0.05) is 0 Å². The third kappa shape index (κ3) is 4.94. The molecule has 92 valence electrons. The summed E-state index contributed by atoms with van der Waals surface area (Å²) in [5.74, 6) is -0.286. The first-order valence-electron chi connectivity index (χ1n) is 5.89. The van der Waals surface area contributed by atoms with E-state index in [-0.39, 0.29) is 5.97 Å². The van der Waals surface area contributed by atoms with Gasteiger partial charge in [0.05, 0.1) is 0 Å². The SMILES string of the molecule is CCOC(=O)C=Cc1cc[c]([Sn]([CH3])([CH3])[CH3])cc1. The molecule has 17 heavy (non-hydrogen) atoms. The Morgan fingerprint density at radius 2 is 1.82 bits per heavy atom.